The van der Waals surface area contributed by atoms with Crippen molar-refractivity contribution >= 4 is 23.3 Å². The smallest absolute Gasteiger partial charge is 0.169 e. The van der Waals surface area contributed by atoms with E-state index in [1.807, 2.05) is 0 Å². The quantitative estimate of drug-likeness (QED) is 0.731. The van der Waals surface area contributed by atoms with Crippen LogP contribution in [-0.2, 0) is 0 Å². The first kappa shape index (κ1) is 11.9. The molecule has 1 heterocycles. The number of nitrogens with zero attached hydrogens (tertiary/aromatic N) is 2. The van der Waals surface area contributed by atoms with Gasteiger partial charge in [0.05, 0.1) is 0 Å². The molecule has 0 bridgehead atoms. The Morgan fingerprint density at radius 3 is 3.00 bits per heavy atom. The predicted molar refractivity (Wildman–Crippen MR) is 63.0 cm³/mol. The Kier molecular flexibility index (Phi) is 6.14. The summed E-state index contributed by atoms with van der Waals surface area (Å²) in [6.45, 7) is 5.42. The molecule has 0 radical (unpaired) electrons. The van der Waals surface area contributed by atoms with E-state index in [1.54, 1.807) is 18.1 Å². The van der Waals surface area contributed by atoms with Gasteiger partial charge in [0.1, 0.15) is 6.33 Å². The largest absolute Gasteiger partial charge is 0.313 e. The second kappa shape index (κ2) is 7.20. The molecule has 5 heteroatoms. The van der Waals surface area contributed by atoms with Gasteiger partial charge in [-0.05, 0) is 24.5 Å². The summed E-state index contributed by atoms with van der Waals surface area (Å²) in [6.07, 6.45) is 4.09. The van der Waals surface area contributed by atoms with Crippen molar-refractivity contribution in [1.82, 2.24) is 14.7 Å². The lowest BCUT2D eigenvalue weighted by atomic mass is 10.2. The molecule has 0 aliphatic carbocycles. The van der Waals surface area contributed by atoms with Crippen LogP contribution in [-0.4, -0.2) is 27.7 Å². The fourth-order valence-electron chi connectivity index (χ4n) is 1.28. The Bertz CT molecular complexity index is 220. The minimum absolute atomic E-state index is 0.610. The summed E-state index contributed by atoms with van der Waals surface area (Å²) >= 11 is 3.27. The van der Waals surface area contributed by atoms with Crippen molar-refractivity contribution < 1.29 is 0 Å². The number of aromatic nitrogens is 2. The molecule has 0 spiro atoms. The van der Waals surface area contributed by atoms with Crippen molar-refractivity contribution in [2.24, 2.45) is 0 Å². The molecule has 0 aliphatic heterocycles. The first-order valence-corrected chi connectivity index (χ1v) is 6.75. The second-order valence-corrected chi connectivity index (χ2v) is 5.11. The molecule has 0 aromatic carbocycles. The summed E-state index contributed by atoms with van der Waals surface area (Å²) in [5.41, 5.74) is 0. The maximum atomic E-state index is 4.15. The van der Waals surface area contributed by atoms with Crippen molar-refractivity contribution in [2.75, 3.05) is 12.3 Å². The van der Waals surface area contributed by atoms with Gasteiger partial charge in [-0.2, -0.15) is 4.37 Å². The van der Waals surface area contributed by atoms with Crippen molar-refractivity contribution in [1.29, 1.82) is 0 Å². The molecule has 1 aromatic heterocycles. The van der Waals surface area contributed by atoms with E-state index < -0.39 is 0 Å². The van der Waals surface area contributed by atoms with Gasteiger partial charge >= 0.3 is 0 Å². The number of hydrogen-bond acceptors (Lipinski definition) is 5. The van der Waals surface area contributed by atoms with E-state index in [4.69, 9.17) is 0 Å². The third kappa shape index (κ3) is 4.39. The van der Waals surface area contributed by atoms with Gasteiger partial charge in [-0.1, -0.05) is 32.0 Å². The summed E-state index contributed by atoms with van der Waals surface area (Å²) in [6, 6.07) is 0.610. The van der Waals surface area contributed by atoms with Crippen molar-refractivity contribution in [3.05, 3.63) is 6.33 Å². The topological polar surface area (TPSA) is 37.8 Å². The fraction of sp³-hybridized carbons (Fsp3) is 0.778. The van der Waals surface area contributed by atoms with Gasteiger partial charge < -0.3 is 5.32 Å². The third-order valence-electron chi connectivity index (χ3n) is 1.88. The number of thioether (sulfide) groups is 1. The number of nitrogens with one attached hydrogen (secondary N) is 1. The first-order valence-electron chi connectivity index (χ1n) is 4.99. The maximum Gasteiger partial charge on any atom is 0.169 e. The lowest BCUT2D eigenvalue weighted by Crippen LogP contribution is -2.30. The van der Waals surface area contributed by atoms with E-state index in [2.05, 4.69) is 28.5 Å². The van der Waals surface area contributed by atoms with Crippen LogP contribution in [0.2, 0.25) is 0 Å². The van der Waals surface area contributed by atoms with Gasteiger partial charge in [0.15, 0.2) is 4.34 Å². The number of rotatable bonds is 7. The van der Waals surface area contributed by atoms with Crippen LogP contribution in [0.4, 0.5) is 0 Å². The minimum Gasteiger partial charge on any atom is -0.313 e. The first-order chi connectivity index (χ1) is 6.86. The predicted octanol–water partition coefficient (Wildman–Crippen LogP) is 2.41. The van der Waals surface area contributed by atoms with E-state index in [0.29, 0.717) is 6.04 Å². The molecule has 1 unspecified atom stereocenters. The van der Waals surface area contributed by atoms with Gasteiger partial charge in [-0.3, -0.25) is 0 Å². The molecule has 1 aromatic rings. The van der Waals surface area contributed by atoms with Crippen LogP contribution in [0.1, 0.15) is 26.7 Å². The van der Waals surface area contributed by atoms with Crippen LogP contribution in [0.3, 0.4) is 0 Å². The maximum absolute atomic E-state index is 4.15. The molecular weight excluding hydrogens is 214 g/mol. The molecule has 0 fully saturated rings. The molecule has 1 atom stereocenters. The highest BCUT2D eigenvalue weighted by Crippen LogP contribution is 2.20. The van der Waals surface area contributed by atoms with Gasteiger partial charge in [-0.25, -0.2) is 4.98 Å². The van der Waals surface area contributed by atoms with Gasteiger partial charge in [0.2, 0.25) is 0 Å². The second-order valence-electron chi connectivity index (χ2n) is 3.06. The van der Waals surface area contributed by atoms with E-state index in [-0.39, 0.29) is 0 Å². The van der Waals surface area contributed by atoms with Gasteiger partial charge in [-0.15, -0.1) is 0 Å². The van der Waals surface area contributed by atoms with Crippen LogP contribution in [0.5, 0.6) is 0 Å². The molecule has 0 saturated heterocycles. The zero-order chi connectivity index (χ0) is 10.2. The molecule has 1 rings (SSSR count). The molecule has 0 saturated carbocycles. The standard InChI is InChI=1S/C9H17N3S2/c1-3-5-8(10-4-2)6-13-9-11-7-12-14-9/h7-8,10H,3-6H2,1-2H3. The highest BCUT2D eigenvalue weighted by atomic mass is 32.2. The summed E-state index contributed by atoms with van der Waals surface area (Å²) in [4.78, 5) is 4.15. The van der Waals surface area contributed by atoms with E-state index in [9.17, 15) is 0 Å². The van der Waals surface area contributed by atoms with E-state index in [1.165, 1.54) is 24.4 Å². The van der Waals surface area contributed by atoms with Crippen molar-refractivity contribution in [2.45, 2.75) is 37.1 Å². The summed E-state index contributed by atoms with van der Waals surface area (Å²) in [7, 11) is 0. The van der Waals surface area contributed by atoms with Crippen molar-refractivity contribution in [3.63, 3.8) is 0 Å². The monoisotopic (exact) mass is 231 g/mol. The van der Waals surface area contributed by atoms with Crippen LogP contribution in [0, 0.1) is 0 Å². The molecule has 14 heavy (non-hydrogen) atoms. The van der Waals surface area contributed by atoms with Gasteiger partial charge in [0.25, 0.3) is 0 Å². The third-order valence-corrected chi connectivity index (χ3v) is 3.84. The molecule has 0 amide bonds. The number of hydrogen-bond donors (Lipinski definition) is 1. The Balaban J connectivity index is 2.25. The Labute approximate surface area is 93.9 Å². The molecule has 0 aliphatic rings. The summed E-state index contributed by atoms with van der Waals surface area (Å²) in [5, 5.41) is 3.48. The van der Waals surface area contributed by atoms with E-state index >= 15 is 0 Å². The Morgan fingerprint density at radius 2 is 2.43 bits per heavy atom. The normalized spacial score (nSPS) is 13.0. The molecule has 80 valence electrons. The molecule has 1 N–H and O–H groups in total. The highest BCUT2D eigenvalue weighted by Gasteiger charge is 2.07. The van der Waals surface area contributed by atoms with Crippen molar-refractivity contribution in [3.8, 4) is 0 Å². The Hall–Kier alpha value is -0.130. The van der Waals surface area contributed by atoms with Crippen LogP contribution >= 0.6 is 23.3 Å². The van der Waals surface area contributed by atoms with Crippen LogP contribution in [0.25, 0.3) is 0 Å². The summed E-state index contributed by atoms with van der Waals surface area (Å²) in [5.74, 6) is 1.09. The zero-order valence-electron chi connectivity index (χ0n) is 8.69. The fourth-order valence-corrected chi connectivity index (χ4v) is 2.85. The average Bonchev–Trinajstić information content (AvgIpc) is 2.67. The van der Waals surface area contributed by atoms with Crippen LogP contribution < -0.4 is 5.32 Å². The Morgan fingerprint density at radius 1 is 1.57 bits per heavy atom. The molecular formula is C9H17N3S2. The van der Waals surface area contributed by atoms with E-state index in [0.717, 1.165) is 16.6 Å². The highest BCUT2D eigenvalue weighted by molar-refractivity contribution is 8.00. The minimum atomic E-state index is 0.610. The molecule has 3 nitrogen and oxygen atoms in total. The lowest BCUT2D eigenvalue weighted by Gasteiger charge is -2.15. The zero-order valence-corrected chi connectivity index (χ0v) is 10.3. The van der Waals surface area contributed by atoms with Gasteiger partial charge in [0, 0.05) is 11.8 Å². The lowest BCUT2D eigenvalue weighted by molar-refractivity contribution is 0.531. The average molecular weight is 231 g/mol. The SMILES string of the molecule is CCCC(CSc1ncns1)NCC. The van der Waals surface area contributed by atoms with Crippen LogP contribution in [0.15, 0.2) is 10.7 Å². The summed E-state index contributed by atoms with van der Waals surface area (Å²) < 4.78 is 5.05.